The third kappa shape index (κ3) is 6.49. The Labute approximate surface area is 194 Å². The second kappa shape index (κ2) is 9.95. The largest absolute Gasteiger partial charge is 0.490 e. The molecule has 8 heteroatoms. The summed E-state index contributed by atoms with van der Waals surface area (Å²) in [6.07, 6.45) is 0. The molecule has 0 amide bonds. The lowest BCUT2D eigenvalue weighted by atomic mass is 9.87. The minimum Gasteiger partial charge on any atom is -0.490 e. The number of para-hydroxylation sites is 1. The Morgan fingerprint density at radius 2 is 1.48 bits per heavy atom. The highest BCUT2D eigenvalue weighted by Crippen LogP contribution is 2.25. The molecule has 3 aromatic carbocycles. The van der Waals surface area contributed by atoms with Crippen LogP contribution in [0.4, 0.5) is 5.69 Å². The number of sulfonamides is 1. The molecule has 0 heterocycles. The van der Waals surface area contributed by atoms with E-state index in [1.807, 2.05) is 12.1 Å². The van der Waals surface area contributed by atoms with Gasteiger partial charge in [-0.15, -0.1) is 0 Å². The smallest absolute Gasteiger partial charge is 0.339 e. The Bertz CT molecular complexity index is 1200. The molecular weight excluding hydrogens is 442 g/mol. The number of hydrogen-bond donors (Lipinski definition) is 2. The lowest BCUT2D eigenvalue weighted by Gasteiger charge is -2.19. The molecule has 0 aliphatic rings. The standard InChI is InChI=1S/C25H27NO6S/c1-25(2,3)18-8-14-21(15-9-18)33(29,30)26-19-10-12-20(13-11-19)31-16-17-32-23-7-5-4-6-22(23)24(27)28/h4-15,26H,16-17H2,1-3H3,(H,27,28). The van der Waals surface area contributed by atoms with Crippen LogP contribution in [-0.4, -0.2) is 32.7 Å². The lowest BCUT2D eigenvalue weighted by molar-refractivity contribution is 0.0691. The first-order valence-corrected chi connectivity index (χ1v) is 11.9. The molecule has 0 aliphatic carbocycles. The highest BCUT2D eigenvalue weighted by atomic mass is 32.2. The van der Waals surface area contributed by atoms with Gasteiger partial charge in [0.1, 0.15) is 30.3 Å². The Kier molecular flexibility index (Phi) is 7.28. The Morgan fingerprint density at radius 1 is 0.879 bits per heavy atom. The van der Waals surface area contributed by atoms with Gasteiger partial charge in [-0.05, 0) is 59.5 Å². The number of nitrogens with one attached hydrogen (secondary N) is 1. The van der Waals surface area contributed by atoms with Crippen LogP contribution in [0.2, 0.25) is 0 Å². The molecule has 33 heavy (non-hydrogen) atoms. The molecule has 0 bridgehead atoms. The van der Waals surface area contributed by atoms with Crippen molar-refractivity contribution < 1.29 is 27.8 Å². The highest BCUT2D eigenvalue weighted by Gasteiger charge is 2.18. The number of hydrogen-bond acceptors (Lipinski definition) is 5. The van der Waals surface area contributed by atoms with Crippen molar-refractivity contribution in [3.05, 3.63) is 83.9 Å². The molecule has 0 saturated heterocycles. The van der Waals surface area contributed by atoms with Crippen LogP contribution in [0, 0.1) is 0 Å². The van der Waals surface area contributed by atoms with Crippen molar-refractivity contribution in [2.24, 2.45) is 0 Å². The number of anilines is 1. The van der Waals surface area contributed by atoms with E-state index in [2.05, 4.69) is 25.5 Å². The molecule has 0 spiro atoms. The number of carboxylic acids is 1. The van der Waals surface area contributed by atoms with Gasteiger partial charge in [-0.1, -0.05) is 45.0 Å². The number of carbonyl (C=O) groups is 1. The maximum atomic E-state index is 12.7. The maximum absolute atomic E-state index is 12.7. The fourth-order valence-electron chi connectivity index (χ4n) is 3.05. The van der Waals surface area contributed by atoms with Crippen LogP contribution in [0.25, 0.3) is 0 Å². The first-order chi connectivity index (χ1) is 15.6. The molecule has 0 fully saturated rings. The molecule has 0 saturated carbocycles. The predicted molar refractivity (Wildman–Crippen MR) is 127 cm³/mol. The Morgan fingerprint density at radius 3 is 2.09 bits per heavy atom. The fourth-order valence-corrected chi connectivity index (χ4v) is 4.11. The van der Waals surface area contributed by atoms with Gasteiger partial charge in [-0.3, -0.25) is 4.72 Å². The summed E-state index contributed by atoms with van der Waals surface area (Å²) in [6.45, 7) is 6.56. The van der Waals surface area contributed by atoms with E-state index in [0.717, 1.165) is 5.56 Å². The molecular formula is C25H27NO6S. The van der Waals surface area contributed by atoms with E-state index in [4.69, 9.17) is 14.6 Å². The zero-order valence-electron chi connectivity index (χ0n) is 18.7. The van der Waals surface area contributed by atoms with Crippen LogP contribution >= 0.6 is 0 Å². The van der Waals surface area contributed by atoms with Crippen LogP contribution in [0.3, 0.4) is 0 Å². The summed E-state index contributed by atoms with van der Waals surface area (Å²) in [7, 11) is -3.71. The summed E-state index contributed by atoms with van der Waals surface area (Å²) in [5.74, 6) is -0.258. The van der Waals surface area contributed by atoms with Crippen LogP contribution in [-0.2, 0) is 15.4 Å². The Hall–Kier alpha value is -3.52. The third-order valence-corrected chi connectivity index (χ3v) is 6.26. The molecule has 7 nitrogen and oxygen atoms in total. The minimum absolute atomic E-state index is 0.0593. The van der Waals surface area contributed by atoms with E-state index in [9.17, 15) is 13.2 Å². The summed E-state index contributed by atoms with van der Waals surface area (Å²) < 4.78 is 39.0. The van der Waals surface area contributed by atoms with Gasteiger partial charge in [-0.2, -0.15) is 0 Å². The molecule has 174 valence electrons. The van der Waals surface area contributed by atoms with Gasteiger partial charge < -0.3 is 14.6 Å². The highest BCUT2D eigenvalue weighted by molar-refractivity contribution is 7.92. The molecule has 0 atom stereocenters. The summed E-state index contributed by atoms with van der Waals surface area (Å²) in [5.41, 5.74) is 1.49. The first-order valence-electron chi connectivity index (χ1n) is 10.4. The van der Waals surface area contributed by atoms with Crippen molar-refractivity contribution in [3.8, 4) is 11.5 Å². The van der Waals surface area contributed by atoms with Crippen molar-refractivity contribution in [2.75, 3.05) is 17.9 Å². The van der Waals surface area contributed by atoms with Gasteiger partial charge in [0, 0.05) is 5.69 Å². The fraction of sp³-hybridized carbons (Fsp3) is 0.240. The molecule has 3 rings (SSSR count). The number of ether oxygens (including phenoxy) is 2. The van der Waals surface area contributed by atoms with Crippen molar-refractivity contribution in [3.63, 3.8) is 0 Å². The lowest BCUT2D eigenvalue weighted by Crippen LogP contribution is -2.15. The van der Waals surface area contributed by atoms with E-state index < -0.39 is 16.0 Å². The maximum Gasteiger partial charge on any atom is 0.339 e. The van der Waals surface area contributed by atoms with Gasteiger partial charge in [0.05, 0.1) is 4.90 Å². The van der Waals surface area contributed by atoms with Crippen molar-refractivity contribution in [1.29, 1.82) is 0 Å². The quantitative estimate of drug-likeness (QED) is 0.431. The molecule has 3 aromatic rings. The van der Waals surface area contributed by atoms with Crippen molar-refractivity contribution >= 4 is 21.7 Å². The molecule has 0 aliphatic heterocycles. The van der Waals surface area contributed by atoms with E-state index in [0.29, 0.717) is 11.4 Å². The van der Waals surface area contributed by atoms with E-state index in [1.54, 1.807) is 54.6 Å². The van der Waals surface area contributed by atoms with Gasteiger partial charge in [0.25, 0.3) is 10.0 Å². The summed E-state index contributed by atoms with van der Waals surface area (Å²) >= 11 is 0. The second-order valence-electron chi connectivity index (χ2n) is 8.40. The summed E-state index contributed by atoms with van der Waals surface area (Å²) in [6, 6.07) is 19.7. The van der Waals surface area contributed by atoms with Gasteiger partial charge in [0.15, 0.2) is 0 Å². The van der Waals surface area contributed by atoms with E-state index in [1.165, 1.54) is 6.07 Å². The molecule has 0 unspecified atom stereocenters. The summed E-state index contributed by atoms with van der Waals surface area (Å²) in [4.78, 5) is 11.4. The van der Waals surface area contributed by atoms with Crippen LogP contribution in [0.15, 0.2) is 77.7 Å². The van der Waals surface area contributed by atoms with Crippen molar-refractivity contribution in [1.82, 2.24) is 0 Å². The SMILES string of the molecule is CC(C)(C)c1ccc(S(=O)(=O)Nc2ccc(OCCOc3ccccc3C(=O)O)cc2)cc1. The molecule has 0 radical (unpaired) electrons. The average molecular weight is 470 g/mol. The van der Waals surface area contributed by atoms with E-state index >= 15 is 0 Å². The topological polar surface area (TPSA) is 102 Å². The van der Waals surface area contributed by atoms with Gasteiger partial charge in [0.2, 0.25) is 0 Å². The predicted octanol–water partition coefficient (Wildman–Crippen LogP) is 4.94. The third-order valence-electron chi connectivity index (χ3n) is 4.86. The molecule has 0 aromatic heterocycles. The number of rotatable bonds is 9. The van der Waals surface area contributed by atoms with Crippen molar-refractivity contribution in [2.45, 2.75) is 31.1 Å². The zero-order chi connectivity index (χ0) is 24.1. The monoisotopic (exact) mass is 469 g/mol. The van der Waals surface area contributed by atoms with Crippen LogP contribution < -0.4 is 14.2 Å². The first kappa shape index (κ1) is 24.1. The van der Waals surface area contributed by atoms with Gasteiger partial charge in [-0.25, -0.2) is 13.2 Å². The molecule has 2 N–H and O–H groups in total. The average Bonchev–Trinajstić information content (AvgIpc) is 2.77. The second-order valence-corrected chi connectivity index (χ2v) is 10.1. The zero-order valence-corrected chi connectivity index (χ0v) is 19.6. The number of aromatic carboxylic acids is 1. The normalized spacial score (nSPS) is 11.6. The minimum atomic E-state index is -3.71. The Balaban J connectivity index is 1.54. The number of carboxylic acid groups (broad SMARTS) is 1. The number of benzene rings is 3. The van der Waals surface area contributed by atoms with Gasteiger partial charge >= 0.3 is 5.97 Å². The van der Waals surface area contributed by atoms with Crippen LogP contribution in [0.1, 0.15) is 36.7 Å². The summed E-state index contributed by atoms with van der Waals surface area (Å²) in [5, 5.41) is 9.16. The van der Waals surface area contributed by atoms with Crippen LogP contribution in [0.5, 0.6) is 11.5 Å². The van der Waals surface area contributed by atoms with E-state index in [-0.39, 0.29) is 34.8 Å².